The lowest BCUT2D eigenvalue weighted by Crippen LogP contribution is -2.00. The molecule has 0 radical (unpaired) electrons. The van der Waals surface area contributed by atoms with Gasteiger partial charge in [0.05, 0.1) is 16.6 Å². The van der Waals surface area contributed by atoms with Gasteiger partial charge >= 0.3 is 0 Å². The molecule has 4 aromatic heterocycles. The Bertz CT molecular complexity index is 3960. The number of para-hydroxylation sites is 2. The Morgan fingerprint density at radius 1 is 0.375 bits per heavy atom. The number of benzene rings is 9. The number of hydrogen-bond donors (Lipinski definition) is 0. The summed E-state index contributed by atoms with van der Waals surface area (Å²) in [5.41, 5.74) is 12.1. The molecule has 0 spiro atoms. The van der Waals surface area contributed by atoms with Crippen molar-refractivity contribution in [2.45, 2.75) is 0 Å². The number of hydrogen-bond acceptors (Lipinski definition) is 5. The summed E-state index contributed by atoms with van der Waals surface area (Å²) in [6.07, 6.45) is 3.59. The van der Waals surface area contributed by atoms with Crippen LogP contribution < -0.4 is 0 Å². The topological polar surface area (TPSA) is 69.6 Å². The van der Waals surface area contributed by atoms with Crippen LogP contribution in [0.25, 0.3) is 127 Å². The third-order valence-electron chi connectivity index (χ3n) is 12.5. The van der Waals surface area contributed by atoms with Gasteiger partial charge in [-0.1, -0.05) is 152 Å². The summed E-state index contributed by atoms with van der Waals surface area (Å²) in [7, 11) is 0. The van der Waals surface area contributed by atoms with Crippen molar-refractivity contribution in [3.63, 3.8) is 0 Å². The van der Waals surface area contributed by atoms with Gasteiger partial charge in [0.1, 0.15) is 11.2 Å². The first-order valence-electron chi connectivity index (χ1n) is 21.4. The minimum absolute atomic E-state index is 0.535. The molecule has 0 aliphatic rings. The zero-order chi connectivity index (χ0) is 42.1. The molecule has 0 aliphatic heterocycles. The van der Waals surface area contributed by atoms with E-state index in [0.29, 0.717) is 23.1 Å². The van der Waals surface area contributed by atoms with E-state index < -0.39 is 0 Å². The number of fused-ring (bicyclic) bond motifs is 9. The third kappa shape index (κ3) is 5.81. The molecule has 9 aromatic carbocycles. The molecule has 0 bridgehead atoms. The Morgan fingerprint density at radius 3 is 1.91 bits per heavy atom. The fourth-order valence-electron chi connectivity index (χ4n) is 9.52. The van der Waals surface area contributed by atoms with Crippen molar-refractivity contribution >= 4 is 65.3 Å². The van der Waals surface area contributed by atoms with E-state index in [0.717, 1.165) is 55.2 Å². The highest BCUT2D eigenvalue weighted by Gasteiger charge is 2.20. The first-order chi connectivity index (χ1) is 31.7. The molecule has 0 N–H and O–H groups in total. The zero-order valence-corrected chi connectivity index (χ0v) is 34.4. The molecule has 0 amide bonds. The van der Waals surface area contributed by atoms with E-state index in [1.54, 1.807) is 6.20 Å². The average molecular weight is 818 g/mol. The number of nitrogens with zero attached hydrogens (tertiary/aromatic N) is 5. The summed E-state index contributed by atoms with van der Waals surface area (Å²) in [5, 5.41) is 9.12. The van der Waals surface area contributed by atoms with Crippen molar-refractivity contribution in [3.8, 4) is 62.1 Å². The molecule has 0 unspecified atom stereocenters. The predicted octanol–water partition coefficient (Wildman–Crippen LogP) is 14.9. The standard InChI is InChI=1S/C58H35N5O/c1-2-11-37(12-3-1)46-18-10-22-52-54(46)48-17-6-7-21-51(48)63(52)43-28-25-36(26-29-43)39-14-8-15-41(33-39)56-60-57(42-27-30-45-40(34-42)24-23-38-13-4-5-16-44(38)45)62-58(61-56)49-20-9-19-47-50-35-59-32-31-53(50)64-55(47)49/h1-35H. The Balaban J connectivity index is 0.931. The highest BCUT2D eigenvalue weighted by atomic mass is 16.3. The van der Waals surface area contributed by atoms with Crippen molar-refractivity contribution in [1.82, 2.24) is 24.5 Å². The maximum Gasteiger partial charge on any atom is 0.167 e. The maximum absolute atomic E-state index is 6.47. The van der Waals surface area contributed by atoms with Gasteiger partial charge in [-0.25, -0.2) is 15.0 Å². The van der Waals surface area contributed by atoms with Crippen molar-refractivity contribution in [2.75, 3.05) is 0 Å². The zero-order valence-electron chi connectivity index (χ0n) is 34.4. The fourth-order valence-corrected chi connectivity index (χ4v) is 9.52. The van der Waals surface area contributed by atoms with Crippen molar-refractivity contribution < 1.29 is 4.42 Å². The van der Waals surface area contributed by atoms with Crippen LogP contribution in [0.5, 0.6) is 0 Å². The number of furan rings is 1. The molecular weight excluding hydrogens is 783 g/mol. The number of rotatable bonds is 6. The first kappa shape index (κ1) is 36.0. The minimum atomic E-state index is 0.535. The van der Waals surface area contributed by atoms with Crippen LogP contribution in [-0.2, 0) is 0 Å². The van der Waals surface area contributed by atoms with Gasteiger partial charge in [-0.3, -0.25) is 4.98 Å². The van der Waals surface area contributed by atoms with E-state index in [-0.39, 0.29) is 0 Å². The van der Waals surface area contributed by atoms with Gasteiger partial charge < -0.3 is 8.98 Å². The van der Waals surface area contributed by atoms with Gasteiger partial charge in [0.2, 0.25) is 0 Å². The van der Waals surface area contributed by atoms with Crippen LogP contribution >= 0.6 is 0 Å². The van der Waals surface area contributed by atoms with Crippen LogP contribution in [0.1, 0.15) is 0 Å². The van der Waals surface area contributed by atoms with Crippen LogP contribution in [-0.4, -0.2) is 24.5 Å². The SMILES string of the molecule is c1ccc(-c2cccc3c2c2ccccc2n3-c2ccc(-c3cccc(-c4nc(-c5ccc6c(ccc7ccccc76)c5)nc(-c5cccc6c5oc5ccncc56)n4)c3)cc2)cc1. The van der Waals surface area contributed by atoms with Crippen molar-refractivity contribution in [2.24, 2.45) is 0 Å². The molecule has 0 saturated carbocycles. The van der Waals surface area contributed by atoms with E-state index in [2.05, 4.69) is 192 Å². The second-order valence-electron chi connectivity index (χ2n) is 16.2. The predicted molar refractivity (Wildman–Crippen MR) is 261 cm³/mol. The van der Waals surface area contributed by atoms with E-state index in [9.17, 15) is 0 Å². The summed E-state index contributed by atoms with van der Waals surface area (Å²) in [6.45, 7) is 0. The highest BCUT2D eigenvalue weighted by molar-refractivity contribution is 6.16. The molecule has 0 saturated heterocycles. The van der Waals surface area contributed by atoms with Crippen LogP contribution in [0.4, 0.5) is 0 Å². The Labute approximate surface area is 367 Å². The van der Waals surface area contributed by atoms with Crippen molar-refractivity contribution in [3.05, 3.63) is 213 Å². The van der Waals surface area contributed by atoms with Gasteiger partial charge in [-0.15, -0.1) is 0 Å². The van der Waals surface area contributed by atoms with Gasteiger partial charge in [0, 0.05) is 50.8 Å². The number of pyridine rings is 1. The average Bonchev–Trinajstić information content (AvgIpc) is 3.93. The largest absolute Gasteiger partial charge is 0.455 e. The molecule has 6 nitrogen and oxygen atoms in total. The lowest BCUT2D eigenvalue weighted by molar-refractivity contribution is 0.669. The van der Waals surface area contributed by atoms with E-state index in [4.69, 9.17) is 19.4 Å². The van der Waals surface area contributed by atoms with E-state index >= 15 is 0 Å². The second kappa shape index (κ2) is 14.4. The quantitative estimate of drug-likeness (QED) is 0.156. The molecule has 6 heteroatoms. The summed E-state index contributed by atoms with van der Waals surface area (Å²) >= 11 is 0. The van der Waals surface area contributed by atoms with Gasteiger partial charge in [0.15, 0.2) is 17.5 Å². The van der Waals surface area contributed by atoms with Crippen LogP contribution in [0, 0.1) is 0 Å². The molecular formula is C58H35N5O. The maximum atomic E-state index is 6.47. The normalized spacial score (nSPS) is 11.8. The lowest BCUT2D eigenvalue weighted by Gasteiger charge is -2.12. The molecule has 4 heterocycles. The fraction of sp³-hybridized carbons (Fsp3) is 0. The summed E-state index contributed by atoms with van der Waals surface area (Å²) < 4.78 is 8.85. The van der Waals surface area contributed by atoms with Gasteiger partial charge in [-0.05, 0) is 92.3 Å². The van der Waals surface area contributed by atoms with E-state index in [1.807, 2.05) is 24.4 Å². The molecule has 13 aromatic rings. The molecule has 13 rings (SSSR count). The summed E-state index contributed by atoms with van der Waals surface area (Å²) in [4.78, 5) is 19.9. The van der Waals surface area contributed by atoms with Gasteiger partial charge in [-0.2, -0.15) is 0 Å². The molecule has 0 fully saturated rings. The second-order valence-corrected chi connectivity index (χ2v) is 16.2. The molecule has 64 heavy (non-hydrogen) atoms. The van der Waals surface area contributed by atoms with Crippen LogP contribution in [0.15, 0.2) is 217 Å². The smallest absolute Gasteiger partial charge is 0.167 e. The monoisotopic (exact) mass is 817 g/mol. The number of aromatic nitrogens is 5. The Morgan fingerprint density at radius 2 is 1.02 bits per heavy atom. The molecule has 298 valence electrons. The van der Waals surface area contributed by atoms with Gasteiger partial charge in [0.25, 0.3) is 0 Å². The van der Waals surface area contributed by atoms with Crippen LogP contribution in [0.2, 0.25) is 0 Å². The van der Waals surface area contributed by atoms with Crippen molar-refractivity contribution in [1.29, 1.82) is 0 Å². The Kier molecular flexibility index (Phi) is 8.11. The lowest BCUT2D eigenvalue weighted by atomic mass is 9.99. The summed E-state index contributed by atoms with van der Waals surface area (Å²) in [6, 6.07) is 70.6. The summed E-state index contributed by atoms with van der Waals surface area (Å²) in [5.74, 6) is 1.69. The third-order valence-corrected chi connectivity index (χ3v) is 12.5. The highest BCUT2D eigenvalue weighted by Crippen LogP contribution is 2.40. The van der Waals surface area contributed by atoms with Crippen LogP contribution in [0.3, 0.4) is 0 Å². The molecule has 0 aliphatic carbocycles. The molecule has 0 atom stereocenters. The Hall–Kier alpha value is -8.74. The van der Waals surface area contributed by atoms with E-state index in [1.165, 1.54) is 49.1 Å². The first-order valence-corrected chi connectivity index (χ1v) is 21.4. The minimum Gasteiger partial charge on any atom is -0.455 e.